The van der Waals surface area contributed by atoms with E-state index in [1.165, 1.54) is 7.11 Å². The van der Waals surface area contributed by atoms with Crippen molar-refractivity contribution in [3.63, 3.8) is 0 Å². The van der Waals surface area contributed by atoms with Crippen LogP contribution < -0.4 is 9.47 Å². The topological polar surface area (TPSA) is 44.8 Å². The molecule has 0 spiro atoms. The third-order valence-corrected chi connectivity index (χ3v) is 2.39. The minimum Gasteiger partial charge on any atom is -0.482 e. The third-order valence-electron chi connectivity index (χ3n) is 2.39. The molecule has 0 aromatic heterocycles. The van der Waals surface area contributed by atoms with Crippen molar-refractivity contribution in [3.05, 3.63) is 54.6 Å². The fraction of sp³-hybridized carbons (Fsp3) is 0.133. The van der Waals surface area contributed by atoms with Gasteiger partial charge in [-0.15, -0.1) is 0 Å². The Bertz CT molecular complexity index is 520. The number of rotatable bonds is 5. The van der Waals surface area contributed by atoms with E-state index in [0.29, 0.717) is 11.5 Å². The summed E-state index contributed by atoms with van der Waals surface area (Å²) in [6.45, 7) is -0.102. The zero-order valence-corrected chi connectivity index (χ0v) is 10.5. The Labute approximate surface area is 111 Å². The summed E-state index contributed by atoms with van der Waals surface area (Å²) in [6.07, 6.45) is 0. The smallest absolute Gasteiger partial charge is 0.343 e. The summed E-state index contributed by atoms with van der Waals surface area (Å²) in [7, 11) is 1.32. The molecule has 4 heteroatoms. The van der Waals surface area contributed by atoms with Crippen LogP contribution >= 0.6 is 0 Å². The second kappa shape index (κ2) is 6.44. The number of hydrogen-bond donors (Lipinski definition) is 0. The largest absolute Gasteiger partial charge is 0.482 e. The number of carbonyl (C=O) groups excluding carboxylic acids is 1. The van der Waals surface area contributed by atoms with E-state index in [4.69, 9.17) is 9.47 Å². The molecule has 0 atom stereocenters. The first-order valence-corrected chi connectivity index (χ1v) is 5.80. The number of hydrogen-bond acceptors (Lipinski definition) is 4. The van der Waals surface area contributed by atoms with Gasteiger partial charge in [0, 0.05) is 0 Å². The van der Waals surface area contributed by atoms with Crippen LogP contribution in [0.5, 0.6) is 17.2 Å². The molecule has 0 N–H and O–H groups in total. The molecule has 98 valence electrons. The van der Waals surface area contributed by atoms with Crippen LogP contribution in [0.4, 0.5) is 0 Å². The number of methoxy groups -OCH3 is 1. The SMILES string of the molecule is COC(=O)COc1ccc(Oc2ccccc2)cc1. The molecule has 0 radical (unpaired) electrons. The van der Waals surface area contributed by atoms with Crippen LogP contribution in [-0.2, 0) is 9.53 Å². The molecule has 0 aliphatic heterocycles. The van der Waals surface area contributed by atoms with Gasteiger partial charge in [0.15, 0.2) is 6.61 Å². The van der Waals surface area contributed by atoms with Crippen LogP contribution in [0, 0.1) is 0 Å². The molecule has 2 aromatic carbocycles. The standard InChI is InChI=1S/C15H14O4/c1-17-15(16)11-18-12-7-9-14(10-8-12)19-13-5-3-2-4-6-13/h2-10H,11H2,1H3. The second-order valence-electron chi connectivity index (χ2n) is 3.75. The lowest BCUT2D eigenvalue weighted by molar-refractivity contribution is -0.142. The Morgan fingerprint density at radius 1 is 0.895 bits per heavy atom. The Hall–Kier alpha value is -2.49. The van der Waals surface area contributed by atoms with Gasteiger partial charge in [0.1, 0.15) is 17.2 Å². The summed E-state index contributed by atoms with van der Waals surface area (Å²) in [6, 6.07) is 16.5. The summed E-state index contributed by atoms with van der Waals surface area (Å²) in [5, 5.41) is 0. The molecular formula is C15H14O4. The Morgan fingerprint density at radius 3 is 2.11 bits per heavy atom. The lowest BCUT2D eigenvalue weighted by atomic mass is 10.3. The maximum Gasteiger partial charge on any atom is 0.343 e. The number of carbonyl (C=O) groups is 1. The van der Waals surface area contributed by atoms with Crippen LogP contribution in [0.3, 0.4) is 0 Å². The summed E-state index contributed by atoms with van der Waals surface area (Å²) in [5.41, 5.74) is 0. The molecule has 0 fully saturated rings. The van der Waals surface area contributed by atoms with Gasteiger partial charge in [-0.1, -0.05) is 18.2 Å². The van der Waals surface area contributed by atoms with Crippen LogP contribution in [0.15, 0.2) is 54.6 Å². The number of esters is 1. The predicted octanol–water partition coefficient (Wildman–Crippen LogP) is 3.03. The van der Waals surface area contributed by atoms with Gasteiger partial charge in [0.25, 0.3) is 0 Å². The van der Waals surface area contributed by atoms with Gasteiger partial charge in [0.05, 0.1) is 7.11 Å². The average molecular weight is 258 g/mol. The highest BCUT2D eigenvalue weighted by molar-refractivity contribution is 5.70. The molecule has 19 heavy (non-hydrogen) atoms. The Balaban J connectivity index is 1.93. The molecule has 0 aliphatic carbocycles. The van der Waals surface area contributed by atoms with Crippen molar-refractivity contribution in [2.45, 2.75) is 0 Å². The van der Waals surface area contributed by atoms with E-state index in [2.05, 4.69) is 4.74 Å². The molecule has 0 heterocycles. The normalized spacial score (nSPS) is 9.74. The van der Waals surface area contributed by atoms with E-state index >= 15 is 0 Å². The number of ether oxygens (including phenoxy) is 3. The van der Waals surface area contributed by atoms with Crippen molar-refractivity contribution in [3.8, 4) is 17.2 Å². The van der Waals surface area contributed by atoms with E-state index in [0.717, 1.165) is 5.75 Å². The van der Waals surface area contributed by atoms with Crippen LogP contribution in [0.25, 0.3) is 0 Å². The van der Waals surface area contributed by atoms with Gasteiger partial charge in [-0.05, 0) is 36.4 Å². The summed E-state index contributed by atoms with van der Waals surface area (Å²) in [4.78, 5) is 10.9. The lowest BCUT2D eigenvalue weighted by Crippen LogP contribution is -2.12. The van der Waals surface area contributed by atoms with Gasteiger partial charge in [-0.25, -0.2) is 4.79 Å². The zero-order chi connectivity index (χ0) is 13.5. The molecule has 0 amide bonds. The number of para-hydroxylation sites is 1. The van der Waals surface area contributed by atoms with Crippen molar-refractivity contribution < 1.29 is 19.0 Å². The highest BCUT2D eigenvalue weighted by Crippen LogP contribution is 2.23. The van der Waals surface area contributed by atoms with Crippen LogP contribution in [0.2, 0.25) is 0 Å². The van der Waals surface area contributed by atoms with E-state index < -0.39 is 5.97 Å². The Morgan fingerprint density at radius 2 is 1.47 bits per heavy atom. The monoisotopic (exact) mass is 258 g/mol. The first-order valence-electron chi connectivity index (χ1n) is 5.80. The molecule has 0 saturated heterocycles. The van der Waals surface area contributed by atoms with E-state index in [1.54, 1.807) is 24.3 Å². The second-order valence-corrected chi connectivity index (χ2v) is 3.75. The van der Waals surface area contributed by atoms with Crippen molar-refractivity contribution in [1.29, 1.82) is 0 Å². The first-order chi connectivity index (χ1) is 9.28. The highest BCUT2D eigenvalue weighted by Gasteiger charge is 2.02. The van der Waals surface area contributed by atoms with Crippen LogP contribution in [0.1, 0.15) is 0 Å². The first kappa shape index (κ1) is 13.0. The van der Waals surface area contributed by atoms with E-state index in [1.807, 2.05) is 30.3 Å². The average Bonchev–Trinajstić information content (AvgIpc) is 2.47. The maximum absolute atomic E-state index is 10.9. The van der Waals surface area contributed by atoms with Gasteiger partial charge < -0.3 is 14.2 Å². The molecule has 0 saturated carbocycles. The molecular weight excluding hydrogens is 244 g/mol. The van der Waals surface area contributed by atoms with E-state index in [9.17, 15) is 4.79 Å². The minimum absolute atomic E-state index is 0.102. The van der Waals surface area contributed by atoms with Gasteiger partial charge >= 0.3 is 5.97 Å². The van der Waals surface area contributed by atoms with Crippen molar-refractivity contribution >= 4 is 5.97 Å². The number of benzene rings is 2. The lowest BCUT2D eigenvalue weighted by Gasteiger charge is -2.07. The highest BCUT2D eigenvalue weighted by atomic mass is 16.6. The molecule has 4 nitrogen and oxygen atoms in total. The van der Waals surface area contributed by atoms with E-state index in [-0.39, 0.29) is 6.61 Å². The summed E-state index contributed by atoms with van der Waals surface area (Å²) < 4.78 is 15.4. The van der Waals surface area contributed by atoms with Crippen molar-refractivity contribution in [2.75, 3.05) is 13.7 Å². The zero-order valence-electron chi connectivity index (χ0n) is 10.5. The Kier molecular flexibility index (Phi) is 4.39. The quantitative estimate of drug-likeness (QED) is 0.773. The van der Waals surface area contributed by atoms with Gasteiger partial charge in [-0.3, -0.25) is 0 Å². The molecule has 0 aliphatic rings. The summed E-state index contributed by atoms with van der Waals surface area (Å²) in [5.74, 6) is 1.65. The van der Waals surface area contributed by atoms with Gasteiger partial charge in [-0.2, -0.15) is 0 Å². The minimum atomic E-state index is -0.412. The molecule has 2 aromatic rings. The maximum atomic E-state index is 10.9. The fourth-order valence-electron chi connectivity index (χ4n) is 1.43. The molecule has 2 rings (SSSR count). The molecule has 0 bridgehead atoms. The molecule has 0 unspecified atom stereocenters. The predicted molar refractivity (Wildman–Crippen MR) is 70.5 cm³/mol. The van der Waals surface area contributed by atoms with Crippen molar-refractivity contribution in [2.24, 2.45) is 0 Å². The van der Waals surface area contributed by atoms with Crippen molar-refractivity contribution in [1.82, 2.24) is 0 Å². The third kappa shape index (κ3) is 4.03. The van der Waals surface area contributed by atoms with Crippen LogP contribution in [-0.4, -0.2) is 19.7 Å². The van der Waals surface area contributed by atoms with Gasteiger partial charge in [0.2, 0.25) is 0 Å². The summed E-state index contributed by atoms with van der Waals surface area (Å²) >= 11 is 0. The fourth-order valence-corrected chi connectivity index (χ4v) is 1.43.